The topological polar surface area (TPSA) is 97.2 Å². The van der Waals surface area contributed by atoms with Gasteiger partial charge in [-0.2, -0.15) is 0 Å². The second-order valence-corrected chi connectivity index (χ2v) is 4.11. The van der Waals surface area contributed by atoms with Gasteiger partial charge in [-0.15, -0.1) is 11.3 Å². The van der Waals surface area contributed by atoms with Crippen molar-refractivity contribution in [1.82, 2.24) is 4.98 Å². The Bertz CT molecular complexity index is 553. The molecule has 0 unspecified atom stereocenters. The molecule has 0 radical (unpaired) electrons. The maximum atomic E-state index is 11.5. The molecule has 0 fully saturated rings. The van der Waals surface area contributed by atoms with Crippen molar-refractivity contribution >= 4 is 33.9 Å². The molecule has 0 aliphatic heterocycles. The molecule has 0 aliphatic rings. The Labute approximate surface area is 106 Å². The van der Waals surface area contributed by atoms with Crippen LogP contribution in [0, 0.1) is 10.1 Å². The first-order chi connectivity index (χ1) is 8.65. The van der Waals surface area contributed by atoms with Gasteiger partial charge in [0.25, 0.3) is 5.69 Å². The van der Waals surface area contributed by atoms with Gasteiger partial charge in [0.1, 0.15) is 0 Å². The Balaban J connectivity index is 1.97. The Morgan fingerprint density at radius 2 is 2.00 bits per heavy atom. The summed E-state index contributed by atoms with van der Waals surface area (Å²) in [6, 6.07) is 5.11. The molecule has 2 rings (SSSR count). The van der Waals surface area contributed by atoms with Gasteiger partial charge in [-0.1, -0.05) is 0 Å². The zero-order valence-electron chi connectivity index (χ0n) is 8.99. The summed E-state index contributed by atoms with van der Waals surface area (Å²) < 4.78 is 0. The minimum Gasteiger partial charge on any atom is -0.308 e. The normalized spacial score (nSPS) is 9.78. The third-order valence-electron chi connectivity index (χ3n) is 1.99. The summed E-state index contributed by atoms with van der Waals surface area (Å²) in [5.74, 6) is 0. The highest BCUT2D eigenvalue weighted by molar-refractivity contribution is 7.13. The maximum Gasteiger partial charge on any atom is 0.325 e. The monoisotopic (exact) mass is 264 g/mol. The fourth-order valence-electron chi connectivity index (χ4n) is 1.21. The van der Waals surface area contributed by atoms with Crippen LogP contribution in [-0.4, -0.2) is 15.9 Å². The number of aromatic nitrogens is 1. The molecule has 0 atom stereocenters. The summed E-state index contributed by atoms with van der Waals surface area (Å²) in [5.41, 5.74) is 0.440. The number of urea groups is 1. The number of carbonyl (C=O) groups excluding carboxylic acids is 1. The summed E-state index contributed by atoms with van der Waals surface area (Å²) in [6.45, 7) is 0. The van der Waals surface area contributed by atoms with Crippen molar-refractivity contribution in [2.75, 3.05) is 10.6 Å². The maximum absolute atomic E-state index is 11.5. The smallest absolute Gasteiger partial charge is 0.308 e. The molecule has 92 valence electrons. The van der Waals surface area contributed by atoms with Gasteiger partial charge in [-0.05, 0) is 12.1 Å². The van der Waals surface area contributed by atoms with Crippen LogP contribution in [0.25, 0.3) is 0 Å². The number of nitro benzene ring substituents is 1. The number of nitro groups is 1. The fourth-order valence-corrected chi connectivity index (χ4v) is 1.74. The molecular weight excluding hydrogens is 256 g/mol. The lowest BCUT2D eigenvalue weighted by Crippen LogP contribution is -2.19. The van der Waals surface area contributed by atoms with Crippen LogP contribution in [0.3, 0.4) is 0 Å². The highest BCUT2D eigenvalue weighted by Gasteiger charge is 2.07. The number of carbonyl (C=O) groups is 1. The van der Waals surface area contributed by atoms with Crippen molar-refractivity contribution in [3.05, 3.63) is 46.0 Å². The van der Waals surface area contributed by atoms with E-state index in [-0.39, 0.29) is 5.69 Å². The van der Waals surface area contributed by atoms with E-state index >= 15 is 0 Å². The molecule has 0 bridgehead atoms. The van der Waals surface area contributed by atoms with Gasteiger partial charge < -0.3 is 5.32 Å². The summed E-state index contributed by atoms with van der Waals surface area (Å²) in [4.78, 5) is 25.3. The standard InChI is InChI=1S/C10H8N4O3S/c15-9(13-10-11-5-6-18-10)12-7-1-3-8(4-2-7)14(16)17/h1-6H,(H2,11,12,13,15). The molecule has 8 heteroatoms. The lowest BCUT2D eigenvalue weighted by atomic mass is 10.3. The SMILES string of the molecule is O=C(Nc1ccc([N+](=O)[O-])cc1)Nc1nccs1. The van der Waals surface area contributed by atoms with E-state index in [4.69, 9.17) is 0 Å². The van der Waals surface area contributed by atoms with Gasteiger partial charge in [-0.25, -0.2) is 9.78 Å². The molecule has 2 amide bonds. The molecule has 0 saturated carbocycles. The van der Waals surface area contributed by atoms with Crippen LogP contribution in [0.2, 0.25) is 0 Å². The van der Waals surface area contributed by atoms with Gasteiger partial charge in [0.2, 0.25) is 0 Å². The summed E-state index contributed by atoms with van der Waals surface area (Å²) in [7, 11) is 0. The van der Waals surface area contributed by atoms with Crippen LogP contribution in [0.5, 0.6) is 0 Å². The summed E-state index contributed by atoms with van der Waals surface area (Å²) in [5, 5.41) is 17.7. The number of anilines is 2. The average molecular weight is 264 g/mol. The quantitative estimate of drug-likeness (QED) is 0.657. The second-order valence-electron chi connectivity index (χ2n) is 3.22. The van der Waals surface area contributed by atoms with Crippen molar-refractivity contribution in [1.29, 1.82) is 0 Å². The minimum atomic E-state index is -0.501. The Morgan fingerprint density at radius 3 is 2.56 bits per heavy atom. The molecule has 1 heterocycles. The van der Waals surface area contributed by atoms with E-state index in [9.17, 15) is 14.9 Å². The van der Waals surface area contributed by atoms with E-state index in [1.54, 1.807) is 11.6 Å². The van der Waals surface area contributed by atoms with E-state index in [0.29, 0.717) is 10.8 Å². The van der Waals surface area contributed by atoms with Gasteiger partial charge in [-0.3, -0.25) is 15.4 Å². The fraction of sp³-hybridized carbons (Fsp3) is 0. The van der Waals surface area contributed by atoms with Gasteiger partial charge >= 0.3 is 6.03 Å². The van der Waals surface area contributed by atoms with Crippen molar-refractivity contribution in [2.24, 2.45) is 0 Å². The van der Waals surface area contributed by atoms with Crippen LogP contribution in [0.1, 0.15) is 0 Å². The zero-order chi connectivity index (χ0) is 13.0. The van der Waals surface area contributed by atoms with E-state index in [1.165, 1.54) is 35.6 Å². The molecule has 18 heavy (non-hydrogen) atoms. The third kappa shape index (κ3) is 3.01. The van der Waals surface area contributed by atoms with Crippen molar-refractivity contribution in [3.63, 3.8) is 0 Å². The largest absolute Gasteiger partial charge is 0.325 e. The molecule has 0 aliphatic carbocycles. The predicted molar refractivity (Wildman–Crippen MR) is 67.9 cm³/mol. The van der Waals surface area contributed by atoms with Crippen LogP contribution >= 0.6 is 11.3 Å². The first-order valence-corrected chi connectivity index (χ1v) is 5.75. The molecule has 7 nitrogen and oxygen atoms in total. The third-order valence-corrected chi connectivity index (χ3v) is 2.68. The van der Waals surface area contributed by atoms with E-state index < -0.39 is 11.0 Å². The molecular formula is C10H8N4O3S. The number of nitrogens with one attached hydrogen (secondary N) is 2. The number of benzene rings is 1. The first kappa shape index (κ1) is 12.0. The molecule has 1 aromatic carbocycles. The predicted octanol–water partition coefficient (Wildman–Crippen LogP) is 2.70. The highest BCUT2D eigenvalue weighted by atomic mass is 32.1. The highest BCUT2D eigenvalue weighted by Crippen LogP contribution is 2.16. The van der Waals surface area contributed by atoms with Gasteiger partial charge in [0.05, 0.1) is 4.92 Å². The van der Waals surface area contributed by atoms with Crippen LogP contribution in [0.15, 0.2) is 35.8 Å². The van der Waals surface area contributed by atoms with Crippen molar-refractivity contribution in [2.45, 2.75) is 0 Å². The molecule has 2 N–H and O–H groups in total. The van der Waals surface area contributed by atoms with Gasteiger partial charge in [0, 0.05) is 29.4 Å². The van der Waals surface area contributed by atoms with E-state index in [1.807, 2.05) is 0 Å². The number of thiazole rings is 1. The Morgan fingerprint density at radius 1 is 1.28 bits per heavy atom. The summed E-state index contributed by atoms with van der Waals surface area (Å²) in [6.07, 6.45) is 1.58. The minimum absolute atomic E-state index is 0.0270. The zero-order valence-corrected chi connectivity index (χ0v) is 9.81. The lowest BCUT2D eigenvalue weighted by molar-refractivity contribution is -0.384. The van der Waals surface area contributed by atoms with Gasteiger partial charge in [0.15, 0.2) is 5.13 Å². The average Bonchev–Trinajstić information content (AvgIpc) is 2.82. The van der Waals surface area contributed by atoms with Crippen LogP contribution in [-0.2, 0) is 0 Å². The van der Waals surface area contributed by atoms with Crippen molar-refractivity contribution < 1.29 is 9.72 Å². The van der Waals surface area contributed by atoms with E-state index in [0.717, 1.165) is 0 Å². The Hall–Kier alpha value is -2.48. The lowest BCUT2D eigenvalue weighted by Gasteiger charge is -2.04. The number of non-ortho nitro benzene ring substituents is 1. The summed E-state index contributed by atoms with van der Waals surface area (Å²) >= 11 is 1.30. The first-order valence-electron chi connectivity index (χ1n) is 4.87. The number of rotatable bonds is 3. The van der Waals surface area contributed by atoms with Crippen molar-refractivity contribution in [3.8, 4) is 0 Å². The molecule has 2 aromatic rings. The second kappa shape index (κ2) is 5.23. The molecule has 0 saturated heterocycles. The number of amides is 2. The Kier molecular flexibility index (Phi) is 3.49. The van der Waals surface area contributed by atoms with Crippen LogP contribution < -0.4 is 10.6 Å². The van der Waals surface area contributed by atoms with Crippen LogP contribution in [0.4, 0.5) is 21.3 Å². The number of hydrogen-bond acceptors (Lipinski definition) is 5. The molecule has 0 spiro atoms. The molecule has 1 aromatic heterocycles. The number of hydrogen-bond donors (Lipinski definition) is 2. The number of nitrogens with zero attached hydrogens (tertiary/aromatic N) is 2. The van der Waals surface area contributed by atoms with E-state index in [2.05, 4.69) is 15.6 Å².